The fourth-order valence-electron chi connectivity index (χ4n) is 3.28. The number of H-pyrrole nitrogens is 1. The Morgan fingerprint density at radius 3 is 2.72 bits per heavy atom. The fraction of sp³-hybridized carbons (Fsp3) is 0.444. The summed E-state index contributed by atoms with van der Waals surface area (Å²) >= 11 is 0. The van der Waals surface area contributed by atoms with E-state index in [4.69, 9.17) is 5.73 Å². The number of piperidine rings is 1. The van der Waals surface area contributed by atoms with Crippen LogP contribution >= 0.6 is 0 Å². The van der Waals surface area contributed by atoms with E-state index in [-0.39, 0.29) is 23.5 Å². The van der Waals surface area contributed by atoms with Gasteiger partial charge in [-0.2, -0.15) is 0 Å². The molecule has 1 saturated heterocycles. The molecule has 2 amide bonds. The summed E-state index contributed by atoms with van der Waals surface area (Å²) in [5.41, 5.74) is 7.05. The van der Waals surface area contributed by atoms with Crippen molar-refractivity contribution in [2.24, 2.45) is 11.7 Å². The molecule has 3 rings (SSSR count). The first-order valence-corrected chi connectivity index (χ1v) is 8.45. The first-order chi connectivity index (χ1) is 11.9. The normalized spacial score (nSPS) is 16.2. The number of likely N-dealkylation sites (tertiary alicyclic amines) is 1. The van der Waals surface area contributed by atoms with Crippen LogP contribution in [0.1, 0.15) is 18.5 Å². The molecule has 1 fully saturated rings. The SMILES string of the molecule is CN(Cc1cc2cc(F)ccc2[nH]1)C(=O)CN1CCC(C(N)=O)CC1. The quantitative estimate of drug-likeness (QED) is 0.860. The number of likely N-dealkylation sites (N-methyl/N-ethyl adjacent to an activating group) is 1. The minimum absolute atomic E-state index is 0.0161. The highest BCUT2D eigenvalue weighted by atomic mass is 19.1. The molecule has 25 heavy (non-hydrogen) atoms. The first-order valence-electron chi connectivity index (χ1n) is 8.45. The lowest BCUT2D eigenvalue weighted by molar-refractivity contribution is -0.132. The number of nitrogens with one attached hydrogen (secondary N) is 1. The van der Waals surface area contributed by atoms with E-state index in [1.807, 2.05) is 6.07 Å². The van der Waals surface area contributed by atoms with Gasteiger partial charge in [0.05, 0.1) is 13.1 Å². The lowest BCUT2D eigenvalue weighted by atomic mass is 9.96. The number of amides is 2. The van der Waals surface area contributed by atoms with Crippen molar-refractivity contribution in [3.8, 4) is 0 Å². The smallest absolute Gasteiger partial charge is 0.236 e. The summed E-state index contributed by atoms with van der Waals surface area (Å²) in [5, 5.41) is 0.796. The standard InChI is InChI=1S/C18H23FN4O2/c1-22(10-15-9-13-8-14(19)2-3-16(13)21-15)17(24)11-23-6-4-12(5-7-23)18(20)25/h2-3,8-9,12,21H,4-7,10-11H2,1H3,(H2,20,25). The van der Waals surface area contributed by atoms with Gasteiger partial charge in [-0.3, -0.25) is 14.5 Å². The first kappa shape index (κ1) is 17.4. The maximum Gasteiger partial charge on any atom is 0.236 e. The summed E-state index contributed by atoms with van der Waals surface area (Å²) in [6.45, 7) is 2.18. The zero-order valence-electron chi connectivity index (χ0n) is 14.3. The number of carbonyl (C=O) groups is 2. The maximum atomic E-state index is 13.3. The predicted octanol–water partition coefficient (Wildman–Crippen LogP) is 1.46. The number of primary amides is 1. The molecular weight excluding hydrogens is 323 g/mol. The lowest BCUT2D eigenvalue weighted by Crippen LogP contribution is -2.43. The fourth-order valence-corrected chi connectivity index (χ4v) is 3.28. The number of carbonyl (C=O) groups excluding carboxylic acids is 2. The molecule has 0 bridgehead atoms. The number of aromatic nitrogens is 1. The number of aromatic amines is 1. The van der Waals surface area contributed by atoms with Gasteiger partial charge in [0.2, 0.25) is 11.8 Å². The van der Waals surface area contributed by atoms with Crippen LogP contribution in [0.4, 0.5) is 4.39 Å². The average molecular weight is 346 g/mol. The molecule has 7 heteroatoms. The molecule has 2 aromatic rings. The second-order valence-electron chi connectivity index (χ2n) is 6.73. The van der Waals surface area contributed by atoms with E-state index in [1.54, 1.807) is 18.0 Å². The molecule has 0 aliphatic carbocycles. The lowest BCUT2D eigenvalue weighted by Gasteiger charge is -2.31. The van der Waals surface area contributed by atoms with Gasteiger partial charge in [0, 0.05) is 29.6 Å². The Morgan fingerprint density at radius 2 is 2.04 bits per heavy atom. The summed E-state index contributed by atoms with van der Waals surface area (Å²) in [7, 11) is 1.75. The van der Waals surface area contributed by atoms with Gasteiger partial charge in [0.15, 0.2) is 0 Å². The third-order valence-electron chi connectivity index (χ3n) is 4.82. The van der Waals surface area contributed by atoms with E-state index < -0.39 is 0 Å². The van der Waals surface area contributed by atoms with Gasteiger partial charge in [-0.25, -0.2) is 4.39 Å². The Morgan fingerprint density at radius 1 is 1.32 bits per heavy atom. The number of rotatable bonds is 5. The van der Waals surface area contributed by atoms with Crippen LogP contribution in [0.25, 0.3) is 10.9 Å². The van der Waals surface area contributed by atoms with Gasteiger partial charge in [0.25, 0.3) is 0 Å². The third kappa shape index (κ3) is 4.17. The minimum Gasteiger partial charge on any atom is -0.369 e. The summed E-state index contributed by atoms with van der Waals surface area (Å²) in [4.78, 5) is 30.5. The van der Waals surface area contributed by atoms with E-state index in [1.165, 1.54) is 12.1 Å². The number of benzene rings is 1. The van der Waals surface area contributed by atoms with Crippen LogP contribution in [-0.2, 0) is 16.1 Å². The monoisotopic (exact) mass is 346 g/mol. The van der Waals surface area contributed by atoms with E-state index in [0.717, 1.165) is 16.6 Å². The third-order valence-corrected chi connectivity index (χ3v) is 4.82. The van der Waals surface area contributed by atoms with Crippen molar-refractivity contribution in [2.45, 2.75) is 19.4 Å². The van der Waals surface area contributed by atoms with Crippen molar-refractivity contribution in [1.29, 1.82) is 0 Å². The molecule has 1 aliphatic heterocycles. The molecule has 3 N–H and O–H groups in total. The molecule has 0 spiro atoms. The molecule has 6 nitrogen and oxygen atoms in total. The molecule has 1 aromatic heterocycles. The van der Waals surface area contributed by atoms with Gasteiger partial charge in [-0.05, 0) is 50.2 Å². The Labute approximate surface area is 145 Å². The van der Waals surface area contributed by atoms with E-state index in [9.17, 15) is 14.0 Å². The summed E-state index contributed by atoms with van der Waals surface area (Å²) in [6.07, 6.45) is 1.42. The van der Waals surface area contributed by atoms with Crippen molar-refractivity contribution in [3.63, 3.8) is 0 Å². The molecular formula is C18H23FN4O2. The zero-order valence-corrected chi connectivity index (χ0v) is 14.3. The van der Waals surface area contributed by atoms with Crippen LogP contribution in [0.2, 0.25) is 0 Å². The Kier molecular flexibility index (Phi) is 5.03. The Hall–Kier alpha value is -2.41. The largest absolute Gasteiger partial charge is 0.369 e. The second kappa shape index (κ2) is 7.23. The number of halogens is 1. The van der Waals surface area contributed by atoms with Gasteiger partial charge >= 0.3 is 0 Å². The van der Waals surface area contributed by atoms with Crippen molar-refractivity contribution in [3.05, 3.63) is 35.8 Å². The highest BCUT2D eigenvalue weighted by Crippen LogP contribution is 2.19. The van der Waals surface area contributed by atoms with Gasteiger partial charge in [0.1, 0.15) is 5.82 Å². The van der Waals surface area contributed by atoms with E-state index in [0.29, 0.717) is 39.0 Å². The molecule has 0 radical (unpaired) electrons. The van der Waals surface area contributed by atoms with E-state index in [2.05, 4.69) is 9.88 Å². The van der Waals surface area contributed by atoms with E-state index >= 15 is 0 Å². The molecule has 0 saturated carbocycles. The van der Waals surface area contributed by atoms with Gasteiger partial charge in [-0.15, -0.1) is 0 Å². The number of hydrogen-bond donors (Lipinski definition) is 2. The van der Waals surface area contributed by atoms with Crippen molar-refractivity contribution < 1.29 is 14.0 Å². The van der Waals surface area contributed by atoms with Crippen LogP contribution in [0.3, 0.4) is 0 Å². The zero-order chi connectivity index (χ0) is 18.0. The maximum absolute atomic E-state index is 13.3. The number of fused-ring (bicyclic) bond motifs is 1. The van der Waals surface area contributed by atoms with Crippen LogP contribution < -0.4 is 5.73 Å². The highest BCUT2D eigenvalue weighted by Gasteiger charge is 2.25. The molecule has 1 aromatic carbocycles. The van der Waals surface area contributed by atoms with Gasteiger partial charge < -0.3 is 15.6 Å². The highest BCUT2D eigenvalue weighted by molar-refractivity contribution is 5.81. The van der Waals surface area contributed by atoms with Crippen LogP contribution in [0, 0.1) is 11.7 Å². The molecule has 1 aliphatic rings. The summed E-state index contributed by atoms with van der Waals surface area (Å²) in [5.74, 6) is -0.585. The van der Waals surface area contributed by atoms with Crippen LogP contribution in [0.15, 0.2) is 24.3 Å². The molecule has 0 unspecified atom stereocenters. The summed E-state index contributed by atoms with van der Waals surface area (Å²) in [6, 6.07) is 6.44. The molecule has 134 valence electrons. The molecule has 2 heterocycles. The minimum atomic E-state index is -0.276. The number of nitrogens with two attached hydrogens (primary N) is 1. The van der Waals surface area contributed by atoms with Crippen molar-refractivity contribution in [1.82, 2.24) is 14.8 Å². The number of nitrogens with zero attached hydrogens (tertiary/aromatic N) is 2. The molecule has 0 atom stereocenters. The van der Waals surface area contributed by atoms with Crippen LogP contribution in [-0.4, -0.2) is 53.3 Å². The van der Waals surface area contributed by atoms with Crippen LogP contribution in [0.5, 0.6) is 0 Å². The van der Waals surface area contributed by atoms with Crippen molar-refractivity contribution in [2.75, 3.05) is 26.7 Å². The summed E-state index contributed by atoms with van der Waals surface area (Å²) < 4.78 is 13.3. The average Bonchev–Trinajstić information content (AvgIpc) is 2.96. The number of hydrogen-bond acceptors (Lipinski definition) is 3. The topological polar surface area (TPSA) is 82.4 Å². The Balaban J connectivity index is 1.54. The predicted molar refractivity (Wildman–Crippen MR) is 93.1 cm³/mol. The second-order valence-corrected chi connectivity index (χ2v) is 6.73. The van der Waals surface area contributed by atoms with Gasteiger partial charge in [-0.1, -0.05) is 0 Å². The van der Waals surface area contributed by atoms with Crippen molar-refractivity contribution >= 4 is 22.7 Å². The Bertz CT molecular complexity index is 780.